The van der Waals surface area contributed by atoms with Crippen LogP contribution in [0.2, 0.25) is 0 Å². The highest BCUT2D eigenvalue weighted by molar-refractivity contribution is 9.10. The maximum atomic E-state index is 12.3. The number of likely N-dealkylation sites (tertiary alicyclic amines) is 1. The van der Waals surface area contributed by atoms with Crippen LogP contribution in [0.15, 0.2) is 28.9 Å². The van der Waals surface area contributed by atoms with Crippen LogP contribution < -0.4 is 10.6 Å². The third-order valence-electron chi connectivity index (χ3n) is 7.15. The number of nitrogens with zero attached hydrogens (tertiary/aromatic N) is 2. The van der Waals surface area contributed by atoms with Gasteiger partial charge in [-0.3, -0.25) is 9.78 Å². The molecule has 1 saturated carbocycles. The van der Waals surface area contributed by atoms with E-state index in [9.17, 15) is 9.59 Å². The second-order valence-electron chi connectivity index (χ2n) is 11.4. The van der Waals surface area contributed by atoms with Crippen molar-refractivity contribution in [2.75, 3.05) is 25.0 Å². The molecule has 1 aromatic carbocycles. The Labute approximate surface area is 222 Å². The van der Waals surface area contributed by atoms with Crippen LogP contribution in [0.25, 0.3) is 10.9 Å². The van der Waals surface area contributed by atoms with Gasteiger partial charge in [0.1, 0.15) is 5.60 Å². The monoisotopic (exact) mass is 558 g/mol. The number of ether oxygens (including phenoxy) is 1. The second kappa shape index (κ2) is 11.5. The highest BCUT2D eigenvalue weighted by Crippen LogP contribution is 2.33. The molecular weight excluding hydrogens is 520 g/mol. The molecular formula is C28H39BrN4O3. The average Bonchev–Trinajstić information content (AvgIpc) is 2.79. The van der Waals surface area contributed by atoms with E-state index in [-0.39, 0.29) is 17.9 Å². The lowest BCUT2D eigenvalue weighted by atomic mass is 9.85. The topological polar surface area (TPSA) is 83.6 Å². The predicted molar refractivity (Wildman–Crippen MR) is 148 cm³/mol. The molecule has 1 aliphatic carbocycles. The molecule has 8 heteroatoms. The number of carbonyl (C=O) groups is 2. The third kappa shape index (κ3) is 7.19. The fourth-order valence-corrected chi connectivity index (χ4v) is 5.82. The largest absolute Gasteiger partial charge is 0.444 e. The fraction of sp³-hybridized carbons (Fsp3) is 0.607. The number of halogens is 1. The number of benzene rings is 1. The Balaban J connectivity index is 1.31. The number of pyridine rings is 1. The van der Waals surface area contributed by atoms with Gasteiger partial charge >= 0.3 is 6.09 Å². The van der Waals surface area contributed by atoms with Crippen LogP contribution in [0.3, 0.4) is 0 Å². The molecule has 2 fully saturated rings. The van der Waals surface area contributed by atoms with E-state index in [0.717, 1.165) is 79.2 Å². The lowest BCUT2D eigenvalue weighted by Gasteiger charge is -2.38. The summed E-state index contributed by atoms with van der Waals surface area (Å²) in [4.78, 5) is 31.5. The lowest BCUT2D eigenvalue weighted by Crippen LogP contribution is -2.50. The van der Waals surface area contributed by atoms with Gasteiger partial charge in [-0.15, -0.1) is 0 Å². The second-order valence-corrected chi connectivity index (χ2v) is 12.3. The summed E-state index contributed by atoms with van der Waals surface area (Å²) in [5.74, 6) is 0.680. The van der Waals surface area contributed by atoms with Crippen LogP contribution in [0.4, 0.5) is 10.5 Å². The zero-order valence-electron chi connectivity index (χ0n) is 21.9. The molecule has 1 amide bonds. The van der Waals surface area contributed by atoms with Crippen molar-refractivity contribution in [2.24, 2.45) is 5.92 Å². The number of aromatic nitrogens is 1. The Bertz CT molecular complexity index is 1090. The summed E-state index contributed by atoms with van der Waals surface area (Å²) in [7, 11) is 0. The number of anilines is 1. The molecule has 0 spiro atoms. The summed E-state index contributed by atoms with van der Waals surface area (Å²) in [6.07, 6.45) is 7.93. The molecule has 1 saturated heterocycles. The van der Waals surface area contributed by atoms with Crippen molar-refractivity contribution in [3.05, 3.63) is 34.4 Å². The molecule has 2 N–H and O–H groups in total. The smallest absolute Gasteiger partial charge is 0.407 e. The quantitative estimate of drug-likeness (QED) is 0.413. The Morgan fingerprint density at radius 3 is 2.58 bits per heavy atom. The molecule has 1 aliphatic heterocycles. The predicted octanol–water partition coefficient (Wildman–Crippen LogP) is 6.16. The first-order valence-electron chi connectivity index (χ1n) is 13.1. The van der Waals surface area contributed by atoms with Gasteiger partial charge in [0, 0.05) is 41.2 Å². The Morgan fingerprint density at radius 2 is 1.89 bits per heavy atom. The number of alkyl carbamates (subject to hydrolysis) is 1. The molecule has 196 valence electrons. The molecule has 2 heterocycles. The number of Topliss-reactive ketones (excluding diaryl/α,β-unsaturated/α-hetero) is 1. The number of hydrogen-bond donors (Lipinski definition) is 2. The number of rotatable bonds is 6. The van der Waals surface area contributed by atoms with Crippen LogP contribution in [0, 0.1) is 5.92 Å². The van der Waals surface area contributed by atoms with Crippen LogP contribution in [0.1, 0.15) is 76.6 Å². The first-order valence-corrected chi connectivity index (χ1v) is 13.9. The molecule has 36 heavy (non-hydrogen) atoms. The fourth-order valence-electron chi connectivity index (χ4n) is 5.46. The zero-order chi connectivity index (χ0) is 25.9. The molecule has 1 unspecified atom stereocenters. The van der Waals surface area contributed by atoms with Crippen LogP contribution in [0.5, 0.6) is 0 Å². The van der Waals surface area contributed by atoms with E-state index in [4.69, 9.17) is 4.74 Å². The summed E-state index contributed by atoms with van der Waals surface area (Å²) in [5, 5.41) is 7.76. The van der Waals surface area contributed by atoms with Crippen molar-refractivity contribution >= 4 is 44.4 Å². The van der Waals surface area contributed by atoms with Gasteiger partial charge in [-0.2, -0.15) is 0 Å². The summed E-state index contributed by atoms with van der Waals surface area (Å²) in [6, 6.07) is 6.49. The molecule has 1 atom stereocenters. The number of amides is 1. The number of ketones is 1. The highest BCUT2D eigenvalue weighted by Gasteiger charge is 2.28. The lowest BCUT2D eigenvalue weighted by molar-refractivity contribution is 0.0464. The Morgan fingerprint density at radius 1 is 1.14 bits per heavy atom. The van der Waals surface area contributed by atoms with Crippen LogP contribution >= 0.6 is 15.9 Å². The van der Waals surface area contributed by atoms with Gasteiger partial charge < -0.3 is 20.3 Å². The first-order chi connectivity index (χ1) is 17.1. The number of piperidine rings is 1. The van der Waals surface area contributed by atoms with E-state index < -0.39 is 5.60 Å². The molecule has 2 aromatic rings. The highest BCUT2D eigenvalue weighted by atomic mass is 79.9. The van der Waals surface area contributed by atoms with Crippen molar-refractivity contribution in [3.63, 3.8) is 0 Å². The van der Waals surface area contributed by atoms with Gasteiger partial charge in [-0.25, -0.2) is 4.79 Å². The Kier molecular flexibility index (Phi) is 8.56. The van der Waals surface area contributed by atoms with E-state index in [1.54, 1.807) is 13.1 Å². The third-order valence-corrected chi connectivity index (χ3v) is 7.64. The van der Waals surface area contributed by atoms with Gasteiger partial charge in [0.25, 0.3) is 0 Å². The van der Waals surface area contributed by atoms with Gasteiger partial charge in [0.05, 0.1) is 16.8 Å². The molecule has 4 rings (SSSR count). The summed E-state index contributed by atoms with van der Waals surface area (Å²) in [5.41, 5.74) is 1.97. The van der Waals surface area contributed by atoms with E-state index >= 15 is 0 Å². The van der Waals surface area contributed by atoms with E-state index in [1.807, 2.05) is 39.0 Å². The molecule has 2 aliphatic rings. The van der Waals surface area contributed by atoms with Gasteiger partial charge in [0.15, 0.2) is 5.78 Å². The number of fused-ring (bicyclic) bond motifs is 1. The van der Waals surface area contributed by atoms with E-state index in [0.29, 0.717) is 17.5 Å². The van der Waals surface area contributed by atoms with Crippen molar-refractivity contribution in [1.82, 2.24) is 15.2 Å². The van der Waals surface area contributed by atoms with Gasteiger partial charge in [-0.05, 0) is 96.9 Å². The summed E-state index contributed by atoms with van der Waals surface area (Å²) >= 11 is 3.56. The van der Waals surface area contributed by atoms with Gasteiger partial charge in [0.2, 0.25) is 0 Å². The molecule has 7 nitrogen and oxygen atoms in total. The van der Waals surface area contributed by atoms with Crippen molar-refractivity contribution in [3.8, 4) is 0 Å². The minimum Gasteiger partial charge on any atom is -0.444 e. The normalized spacial score (nSPS) is 23.3. The van der Waals surface area contributed by atoms with Gasteiger partial charge in [-0.1, -0.05) is 15.9 Å². The Hall–Kier alpha value is -2.19. The first kappa shape index (κ1) is 26.9. The molecule has 0 bridgehead atoms. The van der Waals surface area contributed by atoms with Crippen molar-refractivity contribution in [2.45, 2.75) is 83.9 Å². The number of carbonyl (C=O) groups excluding carboxylic acids is 2. The minimum absolute atomic E-state index is 0.0280. The standard InChI is InChI=1S/C28H39BrN4O3/c1-18(34)24-15-30-25-12-9-20(29)14-23(25)26(24)31-21-10-7-19(8-11-21)16-33-13-5-6-22(17-33)32-27(35)36-28(2,3)4/h9,12,14-15,19,21-22H,5-8,10-11,13,16-17H2,1-4H3,(H,30,31)(H,32,35)/t19-,21-,22?. The SMILES string of the molecule is CC(=O)c1cnc2ccc(Br)cc2c1N[C@H]1CC[C@H](CN2CCCC(NC(=O)OC(C)(C)C)C2)CC1. The van der Waals surface area contributed by atoms with E-state index in [2.05, 4.69) is 36.4 Å². The minimum atomic E-state index is -0.477. The summed E-state index contributed by atoms with van der Waals surface area (Å²) < 4.78 is 6.42. The van der Waals surface area contributed by atoms with Crippen LogP contribution in [-0.4, -0.2) is 59.1 Å². The molecule has 0 radical (unpaired) electrons. The van der Waals surface area contributed by atoms with Crippen LogP contribution in [-0.2, 0) is 4.74 Å². The maximum Gasteiger partial charge on any atom is 0.407 e. The number of nitrogens with one attached hydrogen (secondary N) is 2. The zero-order valence-corrected chi connectivity index (χ0v) is 23.5. The maximum absolute atomic E-state index is 12.3. The van der Waals surface area contributed by atoms with Crippen molar-refractivity contribution in [1.29, 1.82) is 0 Å². The summed E-state index contributed by atoms with van der Waals surface area (Å²) in [6.45, 7) is 10.3. The molecule has 1 aromatic heterocycles. The average molecular weight is 560 g/mol. The number of hydrogen-bond acceptors (Lipinski definition) is 6. The van der Waals surface area contributed by atoms with E-state index in [1.165, 1.54) is 0 Å². The van der Waals surface area contributed by atoms with Crippen molar-refractivity contribution < 1.29 is 14.3 Å².